The van der Waals surface area contributed by atoms with E-state index in [0.29, 0.717) is 6.42 Å². The molecule has 1 unspecified atom stereocenters. The zero-order chi connectivity index (χ0) is 14.6. The maximum absolute atomic E-state index is 13.3. The van der Waals surface area contributed by atoms with Crippen molar-refractivity contribution in [1.82, 2.24) is 4.90 Å². The van der Waals surface area contributed by atoms with Crippen LogP contribution >= 0.6 is 0 Å². The molecule has 0 radical (unpaired) electrons. The second-order valence-corrected chi connectivity index (χ2v) is 5.83. The summed E-state index contributed by atoms with van der Waals surface area (Å²) < 4.78 is 13.3. The quantitative estimate of drug-likeness (QED) is 0.863. The molecule has 1 aromatic rings. The summed E-state index contributed by atoms with van der Waals surface area (Å²) in [5.74, 6) is -0.224. The molecule has 112 valence electrons. The van der Waals surface area contributed by atoms with Crippen LogP contribution in [0.4, 0.5) is 4.39 Å². The highest BCUT2D eigenvalue weighted by atomic mass is 19.1. The lowest BCUT2D eigenvalue weighted by Gasteiger charge is -2.44. The van der Waals surface area contributed by atoms with Gasteiger partial charge in [-0.3, -0.25) is 4.90 Å². The number of hydrogen-bond acceptors (Lipinski definition) is 2. The molecule has 0 bridgehead atoms. The highest BCUT2D eigenvalue weighted by molar-refractivity contribution is 5.18. The first-order chi connectivity index (χ1) is 9.62. The molecule has 0 saturated heterocycles. The molecule has 1 saturated carbocycles. The van der Waals surface area contributed by atoms with Gasteiger partial charge in [-0.05, 0) is 43.6 Å². The number of aliphatic hydroxyl groups excluding tert-OH is 1. The zero-order valence-corrected chi connectivity index (χ0v) is 12.6. The topological polar surface area (TPSA) is 23.5 Å². The van der Waals surface area contributed by atoms with Crippen LogP contribution in [0.5, 0.6) is 0 Å². The third-order valence-electron chi connectivity index (χ3n) is 4.80. The number of halogens is 1. The summed E-state index contributed by atoms with van der Waals surface area (Å²) in [6.07, 6.45) is 4.56. The summed E-state index contributed by atoms with van der Waals surface area (Å²) in [4.78, 5) is 2.39. The predicted octanol–water partition coefficient (Wildman–Crippen LogP) is 3.38. The maximum atomic E-state index is 13.3. The van der Waals surface area contributed by atoms with E-state index in [9.17, 15) is 9.50 Å². The molecule has 1 aromatic carbocycles. The van der Waals surface area contributed by atoms with Gasteiger partial charge in [0.25, 0.3) is 0 Å². The normalized spacial score (nSPS) is 19.4. The fraction of sp³-hybridized carbons (Fsp3) is 0.647. The standard InChI is InChI=1S/C17H26FNO/c1-3-19(4-2)17(10-5-6-11-17)16(20)13-14-8-7-9-15(18)12-14/h7-9,12,16,20H,3-6,10-11,13H2,1-2H3. The molecule has 0 spiro atoms. The van der Waals surface area contributed by atoms with Crippen LogP contribution in [-0.2, 0) is 6.42 Å². The van der Waals surface area contributed by atoms with Gasteiger partial charge in [-0.25, -0.2) is 4.39 Å². The number of benzene rings is 1. The van der Waals surface area contributed by atoms with Gasteiger partial charge in [0.05, 0.1) is 6.10 Å². The fourth-order valence-electron chi connectivity index (χ4n) is 3.78. The molecule has 1 N–H and O–H groups in total. The molecule has 2 rings (SSSR count). The molecule has 1 aliphatic rings. The Balaban J connectivity index is 2.17. The third kappa shape index (κ3) is 3.04. The van der Waals surface area contributed by atoms with Crippen LogP contribution in [0.15, 0.2) is 24.3 Å². The van der Waals surface area contributed by atoms with Crippen LogP contribution in [0.3, 0.4) is 0 Å². The average Bonchev–Trinajstić information content (AvgIpc) is 2.91. The molecule has 0 aliphatic heterocycles. The molecule has 3 heteroatoms. The van der Waals surface area contributed by atoms with Gasteiger partial charge in [-0.15, -0.1) is 0 Å². The lowest BCUT2D eigenvalue weighted by atomic mass is 9.84. The van der Waals surface area contributed by atoms with E-state index >= 15 is 0 Å². The van der Waals surface area contributed by atoms with Crippen LogP contribution in [0, 0.1) is 5.82 Å². The first-order valence-electron chi connectivity index (χ1n) is 7.80. The summed E-state index contributed by atoms with van der Waals surface area (Å²) in [5.41, 5.74) is 0.770. The number of likely N-dealkylation sites (N-methyl/N-ethyl adjacent to an activating group) is 1. The van der Waals surface area contributed by atoms with E-state index in [1.54, 1.807) is 6.07 Å². The van der Waals surface area contributed by atoms with Crippen molar-refractivity contribution < 1.29 is 9.50 Å². The first-order valence-corrected chi connectivity index (χ1v) is 7.80. The predicted molar refractivity (Wildman–Crippen MR) is 80.2 cm³/mol. The molecule has 2 nitrogen and oxygen atoms in total. The molecule has 0 aromatic heterocycles. The van der Waals surface area contributed by atoms with Crippen LogP contribution in [0.2, 0.25) is 0 Å². The number of hydrogen-bond donors (Lipinski definition) is 1. The maximum Gasteiger partial charge on any atom is 0.123 e. The minimum absolute atomic E-state index is 0.115. The van der Waals surface area contributed by atoms with Gasteiger partial charge in [-0.1, -0.05) is 38.8 Å². The van der Waals surface area contributed by atoms with Crippen LogP contribution in [0.1, 0.15) is 45.1 Å². The largest absolute Gasteiger partial charge is 0.391 e. The fourth-order valence-corrected chi connectivity index (χ4v) is 3.78. The molecule has 0 amide bonds. The minimum atomic E-state index is -0.424. The molecular weight excluding hydrogens is 253 g/mol. The van der Waals surface area contributed by atoms with Crippen LogP contribution in [0.25, 0.3) is 0 Å². The smallest absolute Gasteiger partial charge is 0.123 e. The van der Waals surface area contributed by atoms with Gasteiger partial charge >= 0.3 is 0 Å². The van der Waals surface area contributed by atoms with E-state index in [4.69, 9.17) is 0 Å². The van der Waals surface area contributed by atoms with Crippen molar-refractivity contribution in [2.24, 2.45) is 0 Å². The van der Waals surface area contributed by atoms with E-state index in [0.717, 1.165) is 31.5 Å². The molecule has 1 aliphatic carbocycles. The van der Waals surface area contributed by atoms with Crippen LogP contribution in [-0.4, -0.2) is 34.7 Å². The Morgan fingerprint density at radius 3 is 2.45 bits per heavy atom. The van der Waals surface area contributed by atoms with Crippen molar-refractivity contribution in [2.75, 3.05) is 13.1 Å². The zero-order valence-electron chi connectivity index (χ0n) is 12.6. The van der Waals surface area contributed by atoms with E-state index in [1.807, 2.05) is 6.07 Å². The molecule has 20 heavy (non-hydrogen) atoms. The lowest BCUT2D eigenvalue weighted by molar-refractivity contribution is -0.0244. The summed E-state index contributed by atoms with van der Waals surface area (Å²) in [5, 5.41) is 10.8. The second kappa shape index (κ2) is 6.68. The van der Waals surface area contributed by atoms with E-state index < -0.39 is 6.10 Å². The van der Waals surface area contributed by atoms with Crippen molar-refractivity contribution in [3.63, 3.8) is 0 Å². The van der Waals surface area contributed by atoms with E-state index in [-0.39, 0.29) is 11.4 Å². The Bertz CT molecular complexity index is 425. The molecular formula is C17H26FNO. The highest BCUT2D eigenvalue weighted by Gasteiger charge is 2.44. The molecule has 1 atom stereocenters. The summed E-state index contributed by atoms with van der Waals surface area (Å²) in [6.45, 7) is 6.21. The van der Waals surface area contributed by atoms with Crippen LogP contribution < -0.4 is 0 Å². The monoisotopic (exact) mass is 279 g/mol. The lowest BCUT2D eigenvalue weighted by Crippen LogP contribution is -2.55. The SMILES string of the molecule is CCN(CC)C1(C(O)Cc2cccc(F)c2)CCCC1. The summed E-state index contributed by atoms with van der Waals surface area (Å²) in [6, 6.07) is 6.60. The third-order valence-corrected chi connectivity index (χ3v) is 4.80. The van der Waals surface area contributed by atoms with Gasteiger partial charge in [0.1, 0.15) is 5.82 Å². The van der Waals surface area contributed by atoms with Gasteiger partial charge in [0.2, 0.25) is 0 Å². The van der Waals surface area contributed by atoms with Gasteiger partial charge in [0.15, 0.2) is 0 Å². The Morgan fingerprint density at radius 2 is 1.90 bits per heavy atom. The van der Waals surface area contributed by atoms with Crippen molar-refractivity contribution >= 4 is 0 Å². The van der Waals surface area contributed by atoms with E-state index in [1.165, 1.54) is 25.0 Å². The van der Waals surface area contributed by atoms with Crippen molar-refractivity contribution in [2.45, 2.75) is 57.6 Å². The Labute approximate surface area is 121 Å². The Kier molecular flexibility index (Phi) is 5.17. The number of nitrogens with zero attached hydrogens (tertiary/aromatic N) is 1. The van der Waals surface area contributed by atoms with Crippen molar-refractivity contribution in [3.8, 4) is 0 Å². The van der Waals surface area contributed by atoms with Gasteiger partial charge in [-0.2, -0.15) is 0 Å². The molecule has 1 fully saturated rings. The number of aliphatic hydroxyl groups is 1. The highest BCUT2D eigenvalue weighted by Crippen LogP contribution is 2.39. The van der Waals surface area contributed by atoms with Crippen molar-refractivity contribution in [3.05, 3.63) is 35.6 Å². The first kappa shape index (κ1) is 15.5. The Hall–Kier alpha value is -0.930. The Morgan fingerprint density at radius 1 is 1.25 bits per heavy atom. The second-order valence-electron chi connectivity index (χ2n) is 5.83. The molecule has 0 heterocycles. The van der Waals surface area contributed by atoms with Gasteiger partial charge in [0, 0.05) is 12.0 Å². The summed E-state index contributed by atoms with van der Waals surface area (Å²) >= 11 is 0. The van der Waals surface area contributed by atoms with Gasteiger partial charge < -0.3 is 5.11 Å². The summed E-state index contributed by atoms with van der Waals surface area (Å²) in [7, 11) is 0. The van der Waals surface area contributed by atoms with Crippen molar-refractivity contribution in [1.29, 1.82) is 0 Å². The van der Waals surface area contributed by atoms with E-state index in [2.05, 4.69) is 18.7 Å². The average molecular weight is 279 g/mol. The minimum Gasteiger partial charge on any atom is -0.391 e. The number of rotatable bonds is 6.